The molecule has 4 nitrogen and oxygen atoms in total. The third kappa shape index (κ3) is 2.82. The Morgan fingerprint density at radius 3 is 2.70 bits per heavy atom. The molecule has 0 bridgehead atoms. The van der Waals surface area contributed by atoms with Gasteiger partial charge in [-0.05, 0) is 0 Å². The molecule has 0 N–H and O–H groups in total. The first-order chi connectivity index (χ1) is 4.72. The number of hydrogen-bond donors (Lipinski definition) is 0. The van der Waals surface area contributed by atoms with Gasteiger partial charge in [0.25, 0.3) is 0 Å². The monoisotopic (exact) mass is 140 g/mol. The molecule has 0 unspecified atom stereocenters. The standard InChI is InChI=1S/C6H8N2O2/c1-6(10)8(3-2-7)4-5-9/h5H,3-4H2,1H3. The highest BCUT2D eigenvalue weighted by atomic mass is 16.2. The van der Waals surface area contributed by atoms with E-state index >= 15 is 0 Å². The van der Waals surface area contributed by atoms with Crippen LogP contribution >= 0.6 is 0 Å². The first-order valence-corrected chi connectivity index (χ1v) is 2.78. The third-order valence-electron chi connectivity index (χ3n) is 1.00. The molecule has 0 atom stereocenters. The zero-order valence-electron chi connectivity index (χ0n) is 5.70. The summed E-state index contributed by atoms with van der Waals surface area (Å²) in [6, 6.07) is 1.78. The molecule has 0 saturated heterocycles. The summed E-state index contributed by atoms with van der Waals surface area (Å²) in [6.07, 6.45) is 0.596. The summed E-state index contributed by atoms with van der Waals surface area (Å²) in [6.45, 7) is 1.30. The number of nitriles is 1. The topological polar surface area (TPSA) is 61.2 Å². The maximum atomic E-state index is 10.5. The van der Waals surface area contributed by atoms with E-state index in [-0.39, 0.29) is 19.0 Å². The van der Waals surface area contributed by atoms with Gasteiger partial charge in [-0.15, -0.1) is 0 Å². The minimum atomic E-state index is -0.256. The molecule has 54 valence electrons. The van der Waals surface area contributed by atoms with E-state index in [4.69, 9.17) is 5.26 Å². The SMILES string of the molecule is CC(=O)N(CC#N)CC=O. The maximum absolute atomic E-state index is 10.5. The lowest BCUT2D eigenvalue weighted by Gasteiger charge is -2.12. The van der Waals surface area contributed by atoms with Gasteiger partial charge in [-0.1, -0.05) is 0 Å². The fraction of sp³-hybridized carbons (Fsp3) is 0.500. The Labute approximate surface area is 59.0 Å². The molecule has 4 heteroatoms. The lowest BCUT2D eigenvalue weighted by Crippen LogP contribution is -2.30. The Kier molecular flexibility index (Phi) is 3.89. The maximum Gasteiger partial charge on any atom is 0.220 e. The van der Waals surface area contributed by atoms with Crippen LogP contribution in [0.15, 0.2) is 0 Å². The molecule has 0 aliphatic carbocycles. The number of carbonyl (C=O) groups excluding carboxylic acids is 2. The Bertz CT molecular complexity index is 171. The summed E-state index contributed by atoms with van der Waals surface area (Å²) in [7, 11) is 0. The predicted octanol–water partition coefficient (Wildman–Crippen LogP) is -0.443. The average Bonchev–Trinajstić information content (AvgIpc) is 1.87. The van der Waals surface area contributed by atoms with Gasteiger partial charge in [0.2, 0.25) is 5.91 Å². The molecule has 0 aromatic heterocycles. The summed E-state index contributed by atoms with van der Waals surface area (Å²) in [5, 5.41) is 8.15. The van der Waals surface area contributed by atoms with E-state index in [0.29, 0.717) is 6.29 Å². The highest BCUT2D eigenvalue weighted by molar-refractivity contribution is 5.76. The molecule has 0 spiro atoms. The van der Waals surface area contributed by atoms with Crippen molar-refractivity contribution in [3.63, 3.8) is 0 Å². The van der Waals surface area contributed by atoms with Crippen LogP contribution in [0.4, 0.5) is 0 Å². The average molecular weight is 140 g/mol. The zero-order chi connectivity index (χ0) is 7.98. The van der Waals surface area contributed by atoms with Gasteiger partial charge in [0, 0.05) is 6.92 Å². The van der Waals surface area contributed by atoms with Crippen LogP contribution in [-0.2, 0) is 9.59 Å². The molecule has 0 radical (unpaired) electrons. The normalized spacial score (nSPS) is 8.00. The van der Waals surface area contributed by atoms with Crippen molar-refractivity contribution in [1.82, 2.24) is 4.90 Å². The van der Waals surface area contributed by atoms with Crippen molar-refractivity contribution < 1.29 is 9.59 Å². The van der Waals surface area contributed by atoms with Crippen molar-refractivity contribution >= 4 is 12.2 Å². The summed E-state index contributed by atoms with van der Waals surface area (Å²) in [4.78, 5) is 21.6. The van der Waals surface area contributed by atoms with Crippen molar-refractivity contribution in [2.24, 2.45) is 0 Å². The van der Waals surface area contributed by atoms with E-state index in [9.17, 15) is 9.59 Å². The Morgan fingerprint density at radius 1 is 1.80 bits per heavy atom. The number of rotatable bonds is 3. The van der Waals surface area contributed by atoms with E-state index in [2.05, 4.69) is 0 Å². The first-order valence-electron chi connectivity index (χ1n) is 2.78. The largest absolute Gasteiger partial charge is 0.323 e. The molecule has 0 aliphatic heterocycles. The highest BCUT2D eigenvalue weighted by Gasteiger charge is 2.04. The van der Waals surface area contributed by atoms with Crippen LogP contribution in [0.3, 0.4) is 0 Å². The fourth-order valence-electron chi connectivity index (χ4n) is 0.480. The summed E-state index contributed by atoms with van der Waals surface area (Å²) >= 11 is 0. The Balaban J connectivity index is 3.86. The van der Waals surface area contributed by atoms with Crippen molar-refractivity contribution in [2.45, 2.75) is 6.92 Å². The van der Waals surface area contributed by atoms with E-state index in [1.165, 1.54) is 6.92 Å². The number of nitrogens with zero attached hydrogens (tertiary/aromatic N) is 2. The molecule has 0 saturated carbocycles. The van der Waals surface area contributed by atoms with E-state index < -0.39 is 0 Å². The third-order valence-corrected chi connectivity index (χ3v) is 1.00. The molecular formula is C6H8N2O2. The smallest absolute Gasteiger partial charge is 0.220 e. The van der Waals surface area contributed by atoms with Crippen LogP contribution in [-0.4, -0.2) is 30.2 Å². The summed E-state index contributed by atoms with van der Waals surface area (Å²) in [5.74, 6) is -0.256. The second-order valence-corrected chi connectivity index (χ2v) is 1.72. The van der Waals surface area contributed by atoms with Crippen LogP contribution in [0.5, 0.6) is 0 Å². The zero-order valence-corrected chi connectivity index (χ0v) is 5.70. The van der Waals surface area contributed by atoms with Crippen LogP contribution in [0.1, 0.15) is 6.92 Å². The minimum Gasteiger partial charge on any atom is -0.323 e. The van der Waals surface area contributed by atoms with Gasteiger partial charge in [-0.25, -0.2) is 0 Å². The Hall–Kier alpha value is -1.37. The summed E-state index contributed by atoms with van der Waals surface area (Å²) < 4.78 is 0. The number of carbonyl (C=O) groups is 2. The summed E-state index contributed by atoms with van der Waals surface area (Å²) in [5.41, 5.74) is 0. The van der Waals surface area contributed by atoms with Gasteiger partial charge < -0.3 is 9.69 Å². The van der Waals surface area contributed by atoms with Crippen molar-refractivity contribution in [2.75, 3.05) is 13.1 Å². The van der Waals surface area contributed by atoms with E-state index in [0.717, 1.165) is 4.90 Å². The van der Waals surface area contributed by atoms with Gasteiger partial charge in [-0.3, -0.25) is 4.79 Å². The molecule has 10 heavy (non-hydrogen) atoms. The predicted molar refractivity (Wildman–Crippen MR) is 33.9 cm³/mol. The quantitative estimate of drug-likeness (QED) is 0.394. The lowest BCUT2D eigenvalue weighted by molar-refractivity contribution is -0.130. The van der Waals surface area contributed by atoms with Crippen LogP contribution < -0.4 is 0 Å². The number of hydrogen-bond acceptors (Lipinski definition) is 3. The highest BCUT2D eigenvalue weighted by Crippen LogP contribution is 1.84. The van der Waals surface area contributed by atoms with E-state index in [1.54, 1.807) is 6.07 Å². The molecule has 0 fully saturated rings. The van der Waals surface area contributed by atoms with Crippen molar-refractivity contribution in [1.29, 1.82) is 5.26 Å². The van der Waals surface area contributed by atoms with Crippen molar-refractivity contribution in [3.8, 4) is 6.07 Å². The fourth-order valence-corrected chi connectivity index (χ4v) is 0.480. The molecule has 0 rings (SSSR count). The van der Waals surface area contributed by atoms with Gasteiger partial charge >= 0.3 is 0 Å². The number of aldehydes is 1. The molecular weight excluding hydrogens is 132 g/mol. The first kappa shape index (κ1) is 8.63. The lowest BCUT2D eigenvalue weighted by atomic mass is 10.5. The molecule has 0 aromatic rings. The van der Waals surface area contributed by atoms with Gasteiger partial charge in [0.1, 0.15) is 12.8 Å². The van der Waals surface area contributed by atoms with Gasteiger partial charge in [-0.2, -0.15) is 5.26 Å². The van der Waals surface area contributed by atoms with Crippen molar-refractivity contribution in [3.05, 3.63) is 0 Å². The van der Waals surface area contributed by atoms with E-state index in [1.807, 2.05) is 0 Å². The van der Waals surface area contributed by atoms with Crippen LogP contribution in [0.2, 0.25) is 0 Å². The molecule has 0 heterocycles. The number of amides is 1. The van der Waals surface area contributed by atoms with Crippen LogP contribution in [0.25, 0.3) is 0 Å². The van der Waals surface area contributed by atoms with Gasteiger partial charge in [0.15, 0.2) is 0 Å². The van der Waals surface area contributed by atoms with Crippen LogP contribution in [0, 0.1) is 11.3 Å². The molecule has 0 aliphatic rings. The second kappa shape index (κ2) is 4.50. The van der Waals surface area contributed by atoms with Gasteiger partial charge in [0.05, 0.1) is 12.6 Å². The Morgan fingerprint density at radius 2 is 2.40 bits per heavy atom. The molecule has 0 aromatic carbocycles. The minimum absolute atomic E-state index is 0.00287. The molecule has 1 amide bonds. The second-order valence-electron chi connectivity index (χ2n) is 1.72.